The predicted octanol–water partition coefficient (Wildman–Crippen LogP) is 4.88. The van der Waals surface area contributed by atoms with Gasteiger partial charge >= 0.3 is 0 Å². The molecule has 0 bridgehead atoms. The Hall–Kier alpha value is -2.14. The fourth-order valence-electron chi connectivity index (χ4n) is 3.66. The highest BCUT2D eigenvalue weighted by Gasteiger charge is 2.30. The van der Waals surface area contributed by atoms with Gasteiger partial charge in [0.1, 0.15) is 0 Å². The maximum absolute atomic E-state index is 12.9. The standard InChI is InChI=1S/C23H27BrN2O2/c1-3-21(17-10-12-20(24)13-11-17)25-22(27)19-5-4-14-26(15-19)23(28)18-8-6-16(2)7-9-18/h6-13,19,21H,3-5,14-15H2,1-2H3,(H,25,27). The van der Waals surface area contributed by atoms with Crippen molar-refractivity contribution >= 4 is 27.7 Å². The first-order chi connectivity index (χ1) is 13.5. The number of benzene rings is 2. The van der Waals surface area contributed by atoms with E-state index in [9.17, 15) is 9.59 Å². The number of amides is 2. The number of rotatable bonds is 5. The molecule has 0 aliphatic carbocycles. The third-order valence-corrected chi connectivity index (χ3v) is 5.90. The van der Waals surface area contributed by atoms with E-state index in [2.05, 4.69) is 28.2 Å². The van der Waals surface area contributed by atoms with Gasteiger partial charge in [0.25, 0.3) is 5.91 Å². The highest BCUT2D eigenvalue weighted by atomic mass is 79.9. The first-order valence-electron chi connectivity index (χ1n) is 9.89. The lowest BCUT2D eigenvalue weighted by Gasteiger charge is -2.33. The number of carbonyl (C=O) groups is 2. The monoisotopic (exact) mass is 442 g/mol. The molecular formula is C23H27BrN2O2. The van der Waals surface area contributed by atoms with E-state index in [0.29, 0.717) is 18.7 Å². The van der Waals surface area contributed by atoms with Gasteiger partial charge in [0.05, 0.1) is 12.0 Å². The van der Waals surface area contributed by atoms with Crippen LogP contribution in [0, 0.1) is 12.8 Å². The van der Waals surface area contributed by atoms with Crippen molar-refractivity contribution in [3.8, 4) is 0 Å². The Balaban J connectivity index is 1.64. The SMILES string of the molecule is CCC(NC(=O)C1CCCN(C(=O)c2ccc(C)cc2)C1)c1ccc(Br)cc1. The van der Waals surface area contributed by atoms with Crippen molar-refractivity contribution in [2.24, 2.45) is 5.92 Å². The van der Waals surface area contributed by atoms with Crippen molar-refractivity contribution in [2.75, 3.05) is 13.1 Å². The van der Waals surface area contributed by atoms with Gasteiger partial charge in [0.2, 0.25) is 5.91 Å². The Bertz CT molecular complexity index is 818. The minimum atomic E-state index is -0.160. The van der Waals surface area contributed by atoms with Crippen LogP contribution in [0.5, 0.6) is 0 Å². The molecule has 1 heterocycles. The Labute approximate surface area is 175 Å². The Kier molecular flexibility index (Phi) is 6.89. The molecule has 0 aromatic heterocycles. The molecule has 1 fully saturated rings. The molecule has 0 radical (unpaired) electrons. The summed E-state index contributed by atoms with van der Waals surface area (Å²) >= 11 is 3.45. The molecule has 4 nitrogen and oxygen atoms in total. The van der Waals surface area contributed by atoms with Crippen LogP contribution in [0.1, 0.15) is 53.7 Å². The summed E-state index contributed by atoms with van der Waals surface area (Å²) in [6, 6.07) is 15.7. The highest BCUT2D eigenvalue weighted by Crippen LogP contribution is 2.23. The number of piperidine rings is 1. The average molecular weight is 443 g/mol. The van der Waals surface area contributed by atoms with Gasteiger partial charge in [0.15, 0.2) is 0 Å². The van der Waals surface area contributed by atoms with Crippen molar-refractivity contribution in [2.45, 2.75) is 39.2 Å². The summed E-state index contributed by atoms with van der Waals surface area (Å²) in [5.74, 6) is -0.110. The molecule has 0 spiro atoms. The molecule has 1 aliphatic heterocycles. The van der Waals surface area contributed by atoms with E-state index in [0.717, 1.165) is 34.9 Å². The molecule has 1 N–H and O–H groups in total. The van der Waals surface area contributed by atoms with Gasteiger partial charge in [-0.3, -0.25) is 9.59 Å². The second-order valence-electron chi connectivity index (χ2n) is 7.48. The first kappa shape index (κ1) is 20.6. The number of hydrogen-bond donors (Lipinski definition) is 1. The van der Waals surface area contributed by atoms with Crippen LogP contribution in [-0.2, 0) is 4.79 Å². The number of halogens is 1. The molecule has 1 aliphatic rings. The fraction of sp³-hybridized carbons (Fsp3) is 0.391. The zero-order valence-electron chi connectivity index (χ0n) is 16.5. The lowest BCUT2D eigenvalue weighted by Crippen LogP contribution is -2.46. The van der Waals surface area contributed by atoms with Crippen LogP contribution in [0.15, 0.2) is 53.0 Å². The van der Waals surface area contributed by atoms with E-state index < -0.39 is 0 Å². The minimum absolute atomic E-state index is 0.0104. The van der Waals surface area contributed by atoms with Crippen LogP contribution >= 0.6 is 15.9 Å². The molecule has 2 atom stereocenters. The summed E-state index contributed by atoms with van der Waals surface area (Å²) in [6.45, 7) is 5.27. The van der Waals surface area contributed by atoms with Gasteiger partial charge < -0.3 is 10.2 Å². The van der Waals surface area contributed by atoms with Crippen LogP contribution in [0.2, 0.25) is 0 Å². The van der Waals surface area contributed by atoms with Crippen molar-refractivity contribution in [1.82, 2.24) is 10.2 Å². The summed E-state index contributed by atoms with van der Waals surface area (Å²) in [6.07, 6.45) is 2.50. The summed E-state index contributed by atoms with van der Waals surface area (Å²) in [7, 11) is 0. The topological polar surface area (TPSA) is 49.4 Å². The Morgan fingerprint density at radius 2 is 1.82 bits per heavy atom. The number of carbonyl (C=O) groups excluding carboxylic acids is 2. The molecular weight excluding hydrogens is 416 g/mol. The van der Waals surface area contributed by atoms with Gasteiger partial charge in [-0.15, -0.1) is 0 Å². The van der Waals surface area contributed by atoms with Gasteiger partial charge in [-0.25, -0.2) is 0 Å². The third-order valence-electron chi connectivity index (χ3n) is 5.38. The number of likely N-dealkylation sites (tertiary alicyclic amines) is 1. The smallest absolute Gasteiger partial charge is 0.253 e. The lowest BCUT2D eigenvalue weighted by atomic mass is 9.95. The molecule has 0 saturated carbocycles. The quantitative estimate of drug-likeness (QED) is 0.717. The molecule has 148 valence electrons. The summed E-state index contributed by atoms with van der Waals surface area (Å²) in [4.78, 5) is 27.5. The largest absolute Gasteiger partial charge is 0.349 e. The maximum Gasteiger partial charge on any atom is 0.253 e. The number of nitrogens with zero attached hydrogens (tertiary/aromatic N) is 1. The highest BCUT2D eigenvalue weighted by molar-refractivity contribution is 9.10. The van der Waals surface area contributed by atoms with Crippen LogP contribution in [0.25, 0.3) is 0 Å². The molecule has 5 heteroatoms. The third kappa shape index (κ3) is 5.02. The van der Waals surface area contributed by atoms with Crippen LogP contribution in [0.3, 0.4) is 0 Å². The van der Waals surface area contributed by atoms with Gasteiger partial charge in [-0.05, 0) is 56.0 Å². The zero-order valence-corrected chi connectivity index (χ0v) is 18.0. The molecule has 1 saturated heterocycles. The number of nitrogens with one attached hydrogen (secondary N) is 1. The van der Waals surface area contributed by atoms with Crippen molar-refractivity contribution in [3.05, 3.63) is 69.7 Å². The van der Waals surface area contributed by atoms with Crippen LogP contribution < -0.4 is 5.32 Å². The van der Waals surface area contributed by atoms with Gasteiger partial charge in [-0.2, -0.15) is 0 Å². The molecule has 28 heavy (non-hydrogen) atoms. The molecule has 2 amide bonds. The fourth-order valence-corrected chi connectivity index (χ4v) is 3.92. The predicted molar refractivity (Wildman–Crippen MR) is 115 cm³/mol. The summed E-state index contributed by atoms with van der Waals surface area (Å²) < 4.78 is 1.02. The van der Waals surface area contributed by atoms with Crippen molar-refractivity contribution in [3.63, 3.8) is 0 Å². The summed E-state index contributed by atoms with van der Waals surface area (Å²) in [5.41, 5.74) is 2.92. The van der Waals surface area contributed by atoms with E-state index >= 15 is 0 Å². The van der Waals surface area contributed by atoms with Gasteiger partial charge in [-0.1, -0.05) is 52.7 Å². The van der Waals surface area contributed by atoms with Crippen LogP contribution in [0.4, 0.5) is 0 Å². The number of aryl methyl sites for hydroxylation is 1. The first-order valence-corrected chi connectivity index (χ1v) is 10.7. The summed E-state index contributed by atoms with van der Waals surface area (Å²) in [5, 5.41) is 3.19. The van der Waals surface area contributed by atoms with Crippen molar-refractivity contribution in [1.29, 1.82) is 0 Å². The van der Waals surface area contributed by atoms with E-state index in [4.69, 9.17) is 0 Å². The number of hydrogen-bond acceptors (Lipinski definition) is 2. The van der Waals surface area contributed by atoms with E-state index in [1.54, 1.807) is 0 Å². The molecule has 2 aromatic rings. The second-order valence-corrected chi connectivity index (χ2v) is 8.39. The van der Waals surface area contributed by atoms with Crippen molar-refractivity contribution < 1.29 is 9.59 Å². The van der Waals surface area contributed by atoms with E-state index in [1.165, 1.54) is 0 Å². The average Bonchev–Trinajstić information content (AvgIpc) is 2.72. The maximum atomic E-state index is 12.9. The lowest BCUT2D eigenvalue weighted by molar-refractivity contribution is -0.127. The van der Waals surface area contributed by atoms with E-state index in [-0.39, 0.29) is 23.8 Å². The second kappa shape index (κ2) is 9.37. The zero-order chi connectivity index (χ0) is 20.1. The molecule has 3 rings (SSSR count). The Morgan fingerprint density at radius 3 is 2.46 bits per heavy atom. The Morgan fingerprint density at radius 1 is 1.14 bits per heavy atom. The van der Waals surface area contributed by atoms with Crippen LogP contribution in [-0.4, -0.2) is 29.8 Å². The molecule has 2 aromatic carbocycles. The van der Waals surface area contributed by atoms with Gasteiger partial charge in [0, 0.05) is 23.1 Å². The van der Waals surface area contributed by atoms with E-state index in [1.807, 2.05) is 60.4 Å². The minimum Gasteiger partial charge on any atom is -0.349 e. The molecule has 2 unspecified atom stereocenters. The normalized spacial score (nSPS) is 17.8.